The maximum Gasteiger partial charge on any atom is 0.309 e. The summed E-state index contributed by atoms with van der Waals surface area (Å²) in [5, 5.41) is 0. The lowest BCUT2D eigenvalue weighted by molar-refractivity contribution is -0.149. The van der Waals surface area contributed by atoms with E-state index in [0.29, 0.717) is 6.61 Å². The van der Waals surface area contributed by atoms with Crippen molar-refractivity contribution in [1.29, 1.82) is 0 Å². The highest BCUT2D eigenvalue weighted by atomic mass is 16.5. The highest BCUT2D eigenvalue weighted by Crippen LogP contribution is 2.23. The number of piperidine rings is 1. The summed E-state index contributed by atoms with van der Waals surface area (Å²) in [5.74, 6) is 0.986. The molecule has 1 aliphatic carbocycles. The number of nitrogens with zero attached hydrogens (tertiary/aromatic N) is 1. The first-order valence-electron chi connectivity index (χ1n) is 7.33. The molecule has 2 rings (SSSR count). The van der Waals surface area contributed by atoms with E-state index in [1.165, 1.54) is 25.8 Å². The van der Waals surface area contributed by atoms with Gasteiger partial charge in [-0.3, -0.25) is 4.79 Å². The molecule has 1 fully saturated rings. The van der Waals surface area contributed by atoms with Gasteiger partial charge < -0.3 is 9.64 Å². The number of esters is 1. The van der Waals surface area contributed by atoms with E-state index in [0.717, 1.165) is 31.8 Å². The molecule has 0 aromatic carbocycles. The van der Waals surface area contributed by atoms with Crippen molar-refractivity contribution in [3.05, 3.63) is 12.2 Å². The molecule has 3 nitrogen and oxygen atoms in total. The van der Waals surface area contributed by atoms with Crippen LogP contribution in [0.15, 0.2) is 12.2 Å². The van der Waals surface area contributed by atoms with Gasteiger partial charge in [0.1, 0.15) is 0 Å². The molecule has 1 heterocycles. The normalized spacial score (nSPS) is 26.2. The average molecular weight is 251 g/mol. The zero-order valence-electron chi connectivity index (χ0n) is 11.4. The molecular weight excluding hydrogens is 226 g/mol. The van der Waals surface area contributed by atoms with Crippen LogP contribution < -0.4 is 0 Å². The zero-order chi connectivity index (χ0) is 12.8. The van der Waals surface area contributed by atoms with E-state index in [9.17, 15) is 4.79 Å². The van der Waals surface area contributed by atoms with Gasteiger partial charge >= 0.3 is 5.97 Å². The summed E-state index contributed by atoms with van der Waals surface area (Å²) in [5.41, 5.74) is 0. The Morgan fingerprint density at radius 1 is 1.28 bits per heavy atom. The van der Waals surface area contributed by atoms with E-state index in [-0.39, 0.29) is 11.9 Å². The Hall–Kier alpha value is -0.830. The Morgan fingerprint density at radius 3 is 2.67 bits per heavy atom. The molecule has 0 aromatic heterocycles. The molecule has 0 saturated carbocycles. The van der Waals surface area contributed by atoms with Crippen molar-refractivity contribution < 1.29 is 9.53 Å². The van der Waals surface area contributed by atoms with Crippen LogP contribution >= 0.6 is 0 Å². The molecule has 3 heteroatoms. The molecule has 2 aliphatic rings. The number of hydrogen-bond donors (Lipinski definition) is 0. The van der Waals surface area contributed by atoms with E-state index in [4.69, 9.17) is 4.74 Å². The topological polar surface area (TPSA) is 29.5 Å². The molecule has 0 radical (unpaired) electrons. The van der Waals surface area contributed by atoms with Gasteiger partial charge in [-0.1, -0.05) is 12.2 Å². The minimum Gasteiger partial charge on any atom is -0.466 e. The Kier molecular flexibility index (Phi) is 5.24. The molecule has 1 saturated heterocycles. The smallest absolute Gasteiger partial charge is 0.309 e. The summed E-state index contributed by atoms with van der Waals surface area (Å²) in [6.07, 6.45) is 10.4. The van der Waals surface area contributed by atoms with Gasteiger partial charge in [0.25, 0.3) is 0 Å². The van der Waals surface area contributed by atoms with Crippen molar-refractivity contribution in [3.63, 3.8) is 0 Å². The third-order valence-corrected chi connectivity index (χ3v) is 4.10. The summed E-state index contributed by atoms with van der Waals surface area (Å²) in [4.78, 5) is 14.2. The lowest BCUT2D eigenvalue weighted by Gasteiger charge is -2.33. The Labute approximate surface area is 110 Å². The molecule has 0 unspecified atom stereocenters. The molecule has 1 atom stereocenters. The van der Waals surface area contributed by atoms with Crippen LogP contribution in [0.3, 0.4) is 0 Å². The van der Waals surface area contributed by atoms with Crippen molar-refractivity contribution in [2.24, 2.45) is 11.8 Å². The Bertz CT molecular complexity index is 293. The fraction of sp³-hybridized carbons (Fsp3) is 0.800. The van der Waals surface area contributed by atoms with E-state index >= 15 is 0 Å². The van der Waals surface area contributed by atoms with Crippen molar-refractivity contribution in [1.82, 2.24) is 4.90 Å². The van der Waals surface area contributed by atoms with Gasteiger partial charge in [0.15, 0.2) is 0 Å². The van der Waals surface area contributed by atoms with Gasteiger partial charge in [0, 0.05) is 6.54 Å². The summed E-state index contributed by atoms with van der Waals surface area (Å²) in [6.45, 7) is 5.71. The fourth-order valence-corrected chi connectivity index (χ4v) is 3.00. The predicted molar refractivity (Wildman–Crippen MR) is 72.3 cm³/mol. The van der Waals surface area contributed by atoms with Crippen LogP contribution in [-0.2, 0) is 9.53 Å². The second-order valence-corrected chi connectivity index (χ2v) is 5.48. The van der Waals surface area contributed by atoms with E-state index < -0.39 is 0 Å². The van der Waals surface area contributed by atoms with Crippen LogP contribution in [0.25, 0.3) is 0 Å². The van der Waals surface area contributed by atoms with Crippen LogP contribution in [0.1, 0.15) is 39.0 Å². The number of ether oxygens (including phenoxy) is 1. The summed E-state index contributed by atoms with van der Waals surface area (Å²) in [6, 6.07) is 0. The lowest BCUT2D eigenvalue weighted by atomic mass is 9.91. The van der Waals surface area contributed by atoms with Crippen molar-refractivity contribution in [2.75, 3.05) is 26.2 Å². The third kappa shape index (κ3) is 3.84. The quantitative estimate of drug-likeness (QED) is 0.568. The Balaban J connectivity index is 1.69. The highest BCUT2D eigenvalue weighted by molar-refractivity contribution is 5.72. The summed E-state index contributed by atoms with van der Waals surface area (Å²) < 4.78 is 5.10. The SMILES string of the molecule is CCOC(=O)C1CCN(C[C@H]2CC=CCC2)CC1. The number of rotatable bonds is 4. The van der Waals surface area contributed by atoms with Crippen molar-refractivity contribution in [2.45, 2.75) is 39.0 Å². The number of hydrogen-bond acceptors (Lipinski definition) is 3. The highest BCUT2D eigenvalue weighted by Gasteiger charge is 2.26. The van der Waals surface area contributed by atoms with Crippen LogP contribution in [0.2, 0.25) is 0 Å². The first-order chi connectivity index (χ1) is 8.79. The lowest BCUT2D eigenvalue weighted by Crippen LogP contribution is -2.39. The molecule has 18 heavy (non-hydrogen) atoms. The molecule has 0 spiro atoms. The molecule has 0 bridgehead atoms. The predicted octanol–water partition coefficient (Wildman–Crippen LogP) is 2.62. The fourth-order valence-electron chi connectivity index (χ4n) is 3.00. The second kappa shape index (κ2) is 6.93. The molecular formula is C15H25NO2. The van der Waals surface area contributed by atoms with Gasteiger partial charge in [0.2, 0.25) is 0 Å². The first-order valence-corrected chi connectivity index (χ1v) is 7.33. The molecule has 102 valence electrons. The van der Waals surface area contributed by atoms with Crippen LogP contribution in [0.4, 0.5) is 0 Å². The van der Waals surface area contributed by atoms with Gasteiger partial charge in [-0.15, -0.1) is 0 Å². The molecule has 1 aliphatic heterocycles. The van der Waals surface area contributed by atoms with Crippen LogP contribution in [0, 0.1) is 11.8 Å². The van der Waals surface area contributed by atoms with Gasteiger partial charge in [0.05, 0.1) is 12.5 Å². The molecule has 0 N–H and O–H groups in total. The summed E-state index contributed by atoms with van der Waals surface area (Å²) >= 11 is 0. The average Bonchev–Trinajstić information content (AvgIpc) is 2.41. The number of carbonyl (C=O) groups is 1. The van der Waals surface area contributed by atoms with E-state index in [2.05, 4.69) is 17.1 Å². The third-order valence-electron chi connectivity index (χ3n) is 4.10. The zero-order valence-corrected chi connectivity index (χ0v) is 11.4. The van der Waals surface area contributed by atoms with E-state index in [1.54, 1.807) is 0 Å². The van der Waals surface area contributed by atoms with Crippen LogP contribution in [0.5, 0.6) is 0 Å². The number of likely N-dealkylation sites (tertiary alicyclic amines) is 1. The van der Waals surface area contributed by atoms with Gasteiger partial charge in [-0.25, -0.2) is 0 Å². The summed E-state index contributed by atoms with van der Waals surface area (Å²) in [7, 11) is 0. The maximum absolute atomic E-state index is 11.6. The van der Waals surface area contributed by atoms with Gasteiger partial charge in [-0.05, 0) is 58.0 Å². The number of carbonyl (C=O) groups excluding carboxylic acids is 1. The standard InChI is InChI=1S/C15H25NO2/c1-2-18-15(17)14-8-10-16(11-9-14)12-13-6-4-3-5-7-13/h3-4,13-14H,2,5-12H2,1H3/t13-/m0/s1. The monoisotopic (exact) mass is 251 g/mol. The second-order valence-electron chi connectivity index (χ2n) is 5.48. The minimum atomic E-state index is 0.0118. The molecule has 0 amide bonds. The van der Waals surface area contributed by atoms with Crippen LogP contribution in [-0.4, -0.2) is 37.1 Å². The van der Waals surface area contributed by atoms with Gasteiger partial charge in [-0.2, -0.15) is 0 Å². The maximum atomic E-state index is 11.6. The van der Waals surface area contributed by atoms with E-state index in [1.807, 2.05) is 6.92 Å². The largest absolute Gasteiger partial charge is 0.466 e. The number of allylic oxidation sites excluding steroid dienone is 2. The minimum absolute atomic E-state index is 0.0118. The Morgan fingerprint density at radius 2 is 2.06 bits per heavy atom. The van der Waals surface area contributed by atoms with Crippen molar-refractivity contribution in [3.8, 4) is 0 Å². The molecule has 0 aromatic rings. The first kappa shape index (κ1) is 13.6. The van der Waals surface area contributed by atoms with Crippen molar-refractivity contribution >= 4 is 5.97 Å².